The third kappa shape index (κ3) is 4.58. The topological polar surface area (TPSA) is 78.0 Å². The second kappa shape index (κ2) is 7.50. The fourth-order valence-electron chi connectivity index (χ4n) is 1.34. The van der Waals surface area contributed by atoms with Gasteiger partial charge in [-0.2, -0.15) is 0 Å². The molecule has 0 fully saturated rings. The van der Waals surface area contributed by atoms with Gasteiger partial charge in [-0.25, -0.2) is 4.98 Å². The van der Waals surface area contributed by atoms with Crippen molar-refractivity contribution in [2.75, 3.05) is 5.32 Å². The molecule has 6 heteroatoms. The predicted molar refractivity (Wildman–Crippen MR) is 73.5 cm³/mol. The minimum Gasteiger partial charge on any atom is -0.483 e. The molecule has 0 atom stereocenters. The molecule has 5 nitrogen and oxygen atoms in total. The average Bonchev–Trinajstić information content (AvgIpc) is 2.85. The van der Waals surface area contributed by atoms with Gasteiger partial charge < -0.3 is 15.4 Å². The summed E-state index contributed by atoms with van der Waals surface area (Å²) in [6.07, 6.45) is 3.58. The van der Waals surface area contributed by atoms with E-state index in [9.17, 15) is 0 Å². The number of nitrogens with one attached hydrogen (secondary N) is 2. The van der Waals surface area contributed by atoms with Crippen molar-refractivity contribution < 1.29 is 9.90 Å². The maximum atomic E-state index is 8.36. The maximum absolute atomic E-state index is 8.36. The van der Waals surface area contributed by atoms with E-state index in [1.165, 1.54) is 5.56 Å². The Morgan fingerprint density at radius 1 is 1.56 bits per heavy atom. The number of nitrogens with zero attached hydrogens (tertiary/aromatic N) is 1. The van der Waals surface area contributed by atoms with Crippen molar-refractivity contribution >= 4 is 28.1 Å². The molecule has 0 aliphatic carbocycles. The zero-order valence-electron chi connectivity index (χ0n) is 9.85. The molecule has 0 radical (unpaired) electrons. The number of carbonyl (C=O) groups is 1. The van der Waals surface area contributed by atoms with Crippen LogP contribution in [-0.2, 0) is 11.3 Å². The monoisotopic (exact) mass is 311 g/mol. The van der Waals surface area contributed by atoms with Gasteiger partial charge in [-0.1, -0.05) is 15.9 Å². The van der Waals surface area contributed by atoms with E-state index in [1.807, 2.05) is 18.3 Å². The molecule has 1 aromatic carbocycles. The van der Waals surface area contributed by atoms with Crippen LogP contribution in [0.25, 0.3) is 0 Å². The summed E-state index contributed by atoms with van der Waals surface area (Å²) in [6, 6.07) is 6.19. The lowest BCUT2D eigenvalue weighted by Crippen LogP contribution is -2.01. The van der Waals surface area contributed by atoms with Crippen LogP contribution in [0.2, 0.25) is 0 Å². The number of anilines is 1. The number of aryl methyl sites for hydroxylation is 1. The molecule has 0 saturated heterocycles. The molecule has 1 aromatic heterocycles. The number of hydrogen-bond acceptors (Lipinski definition) is 3. The van der Waals surface area contributed by atoms with Gasteiger partial charge in [0.05, 0.1) is 6.54 Å². The van der Waals surface area contributed by atoms with Gasteiger partial charge in [-0.05, 0) is 30.7 Å². The Bertz CT molecular complexity index is 486. The normalized spacial score (nSPS) is 9.22. The minimum atomic E-state index is -0.250. The van der Waals surface area contributed by atoms with Crippen LogP contribution in [0.15, 0.2) is 35.1 Å². The van der Waals surface area contributed by atoms with E-state index >= 15 is 0 Å². The zero-order chi connectivity index (χ0) is 13.4. The molecule has 3 N–H and O–H groups in total. The molecule has 2 aromatic rings. The summed E-state index contributed by atoms with van der Waals surface area (Å²) >= 11 is 3.47. The average molecular weight is 312 g/mol. The number of benzene rings is 1. The highest BCUT2D eigenvalue weighted by molar-refractivity contribution is 9.10. The van der Waals surface area contributed by atoms with Gasteiger partial charge in [0.2, 0.25) is 0 Å². The number of aromatic amines is 1. The summed E-state index contributed by atoms with van der Waals surface area (Å²) in [6.45, 7) is 2.54. The van der Waals surface area contributed by atoms with Crippen LogP contribution in [0.3, 0.4) is 0 Å². The van der Waals surface area contributed by atoms with Gasteiger partial charge >= 0.3 is 0 Å². The highest BCUT2D eigenvalue weighted by Gasteiger charge is 1.98. The molecule has 2 rings (SSSR count). The quantitative estimate of drug-likeness (QED) is 0.762. The third-order valence-electron chi connectivity index (χ3n) is 2.17. The molecule has 0 aliphatic heterocycles. The molecule has 1 heterocycles. The van der Waals surface area contributed by atoms with Crippen molar-refractivity contribution in [1.29, 1.82) is 0 Å². The van der Waals surface area contributed by atoms with Gasteiger partial charge in [0.25, 0.3) is 6.47 Å². The van der Waals surface area contributed by atoms with Crippen molar-refractivity contribution in [3.8, 4) is 0 Å². The van der Waals surface area contributed by atoms with Crippen LogP contribution in [0.5, 0.6) is 0 Å². The number of aromatic nitrogens is 2. The molecule has 0 bridgehead atoms. The molecule has 0 saturated carbocycles. The number of imidazole rings is 1. The van der Waals surface area contributed by atoms with Crippen LogP contribution in [-0.4, -0.2) is 21.5 Å². The molecule has 0 amide bonds. The summed E-state index contributed by atoms with van der Waals surface area (Å²) in [5.41, 5.74) is 2.33. The van der Waals surface area contributed by atoms with E-state index in [1.54, 1.807) is 6.20 Å². The van der Waals surface area contributed by atoms with Crippen LogP contribution in [0.4, 0.5) is 5.69 Å². The number of rotatable bonds is 3. The summed E-state index contributed by atoms with van der Waals surface area (Å²) in [4.78, 5) is 15.6. The van der Waals surface area contributed by atoms with Crippen LogP contribution >= 0.6 is 15.9 Å². The molecule has 0 aliphatic rings. The second-order valence-corrected chi connectivity index (χ2v) is 4.31. The summed E-state index contributed by atoms with van der Waals surface area (Å²) < 4.78 is 1.13. The first kappa shape index (κ1) is 14.2. The molecular formula is C12H14BrN3O2. The fraction of sp³-hybridized carbons (Fsp3) is 0.167. The van der Waals surface area contributed by atoms with Crippen LogP contribution in [0.1, 0.15) is 11.4 Å². The van der Waals surface area contributed by atoms with Crippen molar-refractivity contribution in [1.82, 2.24) is 9.97 Å². The van der Waals surface area contributed by atoms with E-state index in [0.717, 1.165) is 16.0 Å². The van der Waals surface area contributed by atoms with E-state index < -0.39 is 0 Å². The van der Waals surface area contributed by atoms with E-state index in [-0.39, 0.29) is 6.47 Å². The van der Waals surface area contributed by atoms with Crippen molar-refractivity contribution in [2.24, 2.45) is 0 Å². The molecule has 96 valence electrons. The Labute approximate surface area is 113 Å². The standard InChI is InChI=1S/C11H12BrN3.CH2O2/c1-8-6-9(2-3-10(8)12)15-7-11-13-4-5-14-11;2-1-3/h2-6,15H,7H2,1H3,(H,13,14);1H,(H,2,3). The lowest BCUT2D eigenvalue weighted by Gasteiger charge is -2.06. The Morgan fingerprint density at radius 3 is 2.83 bits per heavy atom. The molecule has 0 unspecified atom stereocenters. The summed E-state index contributed by atoms with van der Waals surface area (Å²) in [5.74, 6) is 0.940. The maximum Gasteiger partial charge on any atom is 0.290 e. The van der Waals surface area contributed by atoms with Gasteiger partial charge in [0, 0.05) is 22.6 Å². The van der Waals surface area contributed by atoms with Gasteiger partial charge in [-0.3, -0.25) is 4.79 Å². The van der Waals surface area contributed by atoms with E-state index in [4.69, 9.17) is 9.90 Å². The van der Waals surface area contributed by atoms with Crippen molar-refractivity contribution in [3.63, 3.8) is 0 Å². The zero-order valence-corrected chi connectivity index (χ0v) is 11.4. The number of H-pyrrole nitrogens is 1. The largest absolute Gasteiger partial charge is 0.483 e. The lowest BCUT2D eigenvalue weighted by atomic mass is 10.2. The Morgan fingerprint density at radius 2 is 2.28 bits per heavy atom. The molecule has 0 spiro atoms. The van der Waals surface area contributed by atoms with Crippen LogP contribution in [0, 0.1) is 6.92 Å². The first-order valence-corrected chi connectivity index (χ1v) is 6.02. The minimum absolute atomic E-state index is 0.250. The number of carboxylic acid groups (broad SMARTS) is 1. The highest BCUT2D eigenvalue weighted by atomic mass is 79.9. The van der Waals surface area contributed by atoms with E-state index in [2.05, 4.69) is 44.2 Å². The predicted octanol–water partition coefficient (Wildman–Crippen LogP) is 2.79. The van der Waals surface area contributed by atoms with Gasteiger partial charge in [0.15, 0.2) is 0 Å². The fourth-order valence-corrected chi connectivity index (χ4v) is 1.58. The third-order valence-corrected chi connectivity index (χ3v) is 3.06. The highest BCUT2D eigenvalue weighted by Crippen LogP contribution is 2.20. The Balaban J connectivity index is 0.000000492. The second-order valence-electron chi connectivity index (χ2n) is 3.46. The number of hydrogen-bond donors (Lipinski definition) is 3. The van der Waals surface area contributed by atoms with Gasteiger partial charge in [-0.15, -0.1) is 0 Å². The summed E-state index contributed by atoms with van der Waals surface area (Å²) in [5, 5.41) is 10.2. The number of halogens is 1. The first-order valence-electron chi connectivity index (χ1n) is 5.23. The van der Waals surface area contributed by atoms with E-state index in [0.29, 0.717) is 6.54 Å². The van der Waals surface area contributed by atoms with Crippen molar-refractivity contribution in [3.05, 3.63) is 46.5 Å². The Hall–Kier alpha value is -1.82. The smallest absolute Gasteiger partial charge is 0.290 e. The SMILES string of the molecule is Cc1cc(NCc2ncc[nH]2)ccc1Br.O=CO. The first-order chi connectivity index (χ1) is 8.67. The molecular weight excluding hydrogens is 298 g/mol. The van der Waals surface area contributed by atoms with Gasteiger partial charge in [0.1, 0.15) is 5.82 Å². The van der Waals surface area contributed by atoms with Crippen molar-refractivity contribution in [2.45, 2.75) is 13.5 Å². The molecule has 18 heavy (non-hydrogen) atoms. The lowest BCUT2D eigenvalue weighted by molar-refractivity contribution is -0.122. The van der Waals surface area contributed by atoms with Crippen LogP contribution < -0.4 is 5.32 Å². The Kier molecular flexibility index (Phi) is 5.93. The summed E-state index contributed by atoms with van der Waals surface area (Å²) in [7, 11) is 0.